The van der Waals surface area contributed by atoms with Crippen molar-refractivity contribution in [2.24, 2.45) is 5.73 Å². The van der Waals surface area contributed by atoms with Crippen molar-refractivity contribution in [3.8, 4) is 0 Å². The smallest absolute Gasteiger partial charge is 0.130 e. The predicted octanol–water partition coefficient (Wildman–Crippen LogP) is 2.47. The molecule has 1 aromatic carbocycles. The summed E-state index contributed by atoms with van der Waals surface area (Å²) in [4.78, 5) is 2.13. The monoisotopic (exact) mass is 284 g/mol. The van der Waals surface area contributed by atoms with Crippen molar-refractivity contribution in [1.82, 2.24) is 4.90 Å². The molecule has 1 aliphatic rings. The average molecular weight is 284 g/mol. The molecule has 0 saturated carbocycles. The molecule has 3 nitrogen and oxygen atoms in total. The molecular formula is C15H22F2N2O. The number of hydrogen-bond donors (Lipinski definition) is 1. The molecule has 0 amide bonds. The number of methoxy groups -OCH3 is 1. The molecule has 1 saturated heterocycles. The van der Waals surface area contributed by atoms with Crippen LogP contribution in [-0.2, 0) is 4.74 Å². The number of nitrogens with two attached hydrogens (primary N) is 1. The van der Waals surface area contributed by atoms with Crippen molar-refractivity contribution in [3.05, 3.63) is 35.4 Å². The molecule has 20 heavy (non-hydrogen) atoms. The fourth-order valence-electron chi connectivity index (χ4n) is 2.92. The number of nitrogens with zero attached hydrogens (tertiary/aromatic N) is 1. The van der Waals surface area contributed by atoms with Crippen LogP contribution >= 0.6 is 0 Å². The Kier molecular flexibility index (Phi) is 4.73. The first kappa shape index (κ1) is 15.4. The molecule has 5 heteroatoms. The number of likely N-dealkylation sites (tertiary alicyclic amines) is 1. The Labute approximate surface area is 118 Å². The zero-order valence-corrected chi connectivity index (χ0v) is 12.0. The van der Waals surface area contributed by atoms with Gasteiger partial charge in [0.2, 0.25) is 0 Å². The quantitative estimate of drug-likeness (QED) is 0.923. The molecular weight excluding hydrogens is 262 g/mol. The van der Waals surface area contributed by atoms with Crippen molar-refractivity contribution >= 4 is 0 Å². The summed E-state index contributed by atoms with van der Waals surface area (Å²) in [5.41, 5.74) is 6.05. The van der Waals surface area contributed by atoms with Gasteiger partial charge < -0.3 is 10.5 Å². The fraction of sp³-hybridized carbons (Fsp3) is 0.600. The van der Waals surface area contributed by atoms with Gasteiger partial charge in [-0.15, -0.1) is 0 Å². The Bertz CT molecular complexity index is 469. The summed E-state index contributed by atoms with van der Waals surface area (Å²) in [5, 5.41) is 0. The van der Waals surface area contributed by atoms with Gasteiger partial charge in [0.25, 0.3) is 0 Å². The molecule has 2 unspecified atom stereocenters. The lowest BCUT2D eigenvalue weighted by atomic mass is 9.92. The van der Waals surface area contributed by atoms with Gasteiger partial charge in [0.15, 0.2) is 0 Å². The SMILES string of the molecule is COC1(C)CCCN(C(CN)c2ccc(F)cc2F)C1. The fourth-order valence-corrected chi connectivity index (χ4v) is 2.92. The summed E-state index contributed by atoms with van der Waals surface area (Å²) in [6.45, 7) is 3.88. The minimum Gasteiger partial charge on any atom is -0.377 e. The first-order valence-electron chi connectivity index (χ1n) is 6.93. The molecule has 0 spiro atoms. The summed E-state index contributed by atoms with van der Waals surface area (Å²) in [6.07, 6.45) is 1.95. The number of hydrogen-bond acceptors (Lipinski definition) is 3. The van der Waals surface area contributed by atoms with Crippen LogP contribution in [0.2, 0.25) is 0 Å². The second-order valence-corrected chi connectivity index (χ2v) is 5.65. The zero-order valence-electron chi connectivity index (χ0n) is 12.0. The highest BCUT2D eigenvalue weighted by atomic mass is 19.1. The summed E-state index contributed by atoms with van der Waals surface area (Å²) in [6, 6.07) is 3.43. The van der Waals surface area contributed by atoms with E-state index < -0.39 is 11.6 Å². The Balaban J connectivity index is 2.23. The van der Waals surface area contributed by atoms with E-state index in [0.717, 1.165) is 25.5 Å². The van der Waals surface area contributed by atoms with E-state index in [-0.39, 0.29) is 11.6 Å². The molecule has 112 valence electrons. The van der Waals surface area contributed by atoms with Crippen molar-refractivity contribution in [2.75, 3.05) is 26.7 Å². The highest BCUT2D eigenvalue weighted by Crippen LogP contribution is 2.31. The maximum atomic E-state index is 14.0. The van der Waals surface area contributed by atoms with E-state index in [1.807, 2.05) is 6.92 Å². The molecule has 0 aromatic heterocycles. The minimum atomic E-state index is -0.567. The third-order valence-corrected chi connectivity index (χ3v) is 4.17. The van der Waals surface area contributed by atoms with Crippen LogP contribution in [-0.4, -0.2) is 37.2 Å². The van der Waals surface area contributed by atoms with Crippen LogP contribution < -0.4 is 5.73 Å². The molecule has 2 atom stereocenters. The van der Waals surface area contributed by atoms with Gasteiger partial charge in [-0.3, -0.25) is 4.90 Å². The van der Waals surface area contributed by atoms with Gasteiger partial charge in [-0.05, 0) is 32.4 Å². The number of halogens is 2. The predicted molar refractivity (Wildman–Crippen MR) is 74.4 cm³/mol. The van der Waals surface area contributed by atoms with Gasteiger partial charge in [-0.25, -0.2) is 8.78 Å². The van der Waals surface area contributed by atoms with Gasteiger partial charge >= 0.3 is 0 Å². The van der Waals surface area contributed by atoms with E-state index in [1.54, 1.807) is 7.11 Å². The normalized spacial score (nSPS) is 25.6. The maximum Gasteiger partial charge on any atom is 0.130 e. The van der Waals surface area contributed by atoms with Gasteiger partial charge in [-0.1, -0.05) is 6.07 Å². The first-order chi connectivity index (χ1) is 9.49. The number of benzene rings is 1. The van der Waals surface area contributed by atoms with Gasteiger partial charge in [-0.2, -0.15) is 0 Å². The van der Waals surface area contributed by atoms with E-state index in [2.05, 4.69) is 4.90 Å². The third-order valence-electron chi connectivity index (χ3n) is 4.17. The van der Waals surface area contributed by atoms with E-state index in [4.69, 9.17) is 10.5 Å². The van der Waals surface area contributed by atoms with Crippen LogP contribution in [0.3, 0.4) is 0 Å². The standard InChI is InChI=1S/C15H22F2N2O/c1-15(20-2)6-3-7-19(10-15)14(9-18)12-5-4-11(16)8-13(12)17/h4-5,8,14H,3,6-7,9-10,18H2,1-2H3. The summed E-state index contributed by atoms with van der Waals surface area (Å²) in [7, 11) is 1.69. The first-order valence-corrected chi connectivity index (χ1v) is 6.93. The zero-order chi connectivity index (χ0) is 14.8. The van der Waals surface area contributed by atoms with E-state index in [0.29, 0.717) is 18.7 Å². The Hall–Kier alpha value is -1.04. The molecule has 0 radical (unpaired) electrons. The minimum absolute atomic E-state index is 0.234. The largest absolute Gasteiger partial charge is 0.377 e. The summed E-state index contributed by atoms with van der Waals surface area (Å²) < 4.78 is 32.5. The second-order valence-electron chi connectivity index (χ2n) is 5.65. The van der Waals surface area contributed by atoms with Crippen LogP contribution in [0, 0.1) is 11.6 Å². The third kappa shape index (κ3) is 3.16. The molecule has 0 bridgehead atoms. The number of ether oxygens (including phenoxy) is 1. The van der Waals surface area contributed by atoms with Crippen molar-refractivity contribution in [2.45, 2.75) is 31.4 Å². The van der Waals surface area contributed by atoms with E-state index in [9.17, 15) is 8.78 Å². The molecule has 0 aliphatic carbocycles. The lowest BCUT2D eigenvalue weighted by molar-refractivity contribution is -0.0611. The average Bonchev–Trinajstić information content (AvgIpc) is 2.42. The molecule has 1 heterocycles. The van der Waals surface area contributed by atoms with Crippen LogP contribution in [0.4, 0.5) is 8.78 Å². The Morgan fingerprint density at radius 2 is 2.20 bits per heavy atom. The van der Waals surface area contributed by atoms with Crippen LogP contribution in [0.25, 0.3) is 0 Å². The van der Waals surface area contributed by atoms with Gasteiger partial charge in [0, 0.05) is 31.8 Å². The van der Waals surface area contributed by atoms with Crippen LogP contribution in [0.1, 0.15) is 31.4 Å². The molecule has 2 N–H and O–H groups in total. The lowest BCUT2D eigenvalue weighted by Crippen LogP contribution is -2.50. The lowest BCUT2D eigenvalue weighted by Gasteiger charge is -2.43. The van der Waals surface area contributed by atoms with E-state index in [1.165, 1.54) is 12.1 Å². The number of piperidine rings is 1. The molecule has 1 fully saturated rings. The van der Waals surface area contributed by atoms with Crippen molar-refractivity contribution in [1.29, 1.82) is 0 Å². The van der Waals surface area contributed by atoms with E-state index >= 15 is 0 Å². The molecule has 1 aliphatic heterocycles. The van der Waals surface area contributed by atoms with Crippen LogP contribution in [0.5, 0.6) is 0 Å². The topological polar surface area (TPSA) is 38.5 Å². The highest BCUT2D eigenvalue weighted by Gasteiger charge is 2.34. The summed E-state index contributed by atoms with van der Waals surface area (Å²) >= 11 is 0. The van der Waals surface area contributed by atoms with Crippen molar-refractivity contribution < 1.29 is 13.5 Å². The van der Waals surface area contributed by atoms with Crippen LogP contribution in [0.15, 0.2) is 18.2 Å². The second kappa shape index (κ2) is 6.16. The Morgan fingerprint density at radius 3 is 2.80 bits per heavy atom. The van der Waals surface area contributed by atoms with Gasteiger partial charge in [0.1, 0.15) is 11.6 Å². The summed E-state index contributed by atoms with van der Waals surface area (Å²) in [5.74, 6) is -1.10. The van der Waals surface area contributed by atoms with Gasteiger partial charge in [0.05, 0.1) is 11.6 Å². The maximum absolute atomic E-state index is 14.0. The van der Waals surface area contributed by atoms with Crippen molar-refractivity contribution in [3.63, 3.8) is 0 Å². The molecule has 1 aromatic rings. The Morgan fingerprint density at radius 1 is 1.45 bits per heavy atom. The highest BCUT2D eigenvalue weighted by molar-refractivity contribution is 5.23. The number of rotatable bonds is 4. The molecule has 2 rings (SSSR count).